The maximum absolute atomic E-state index is 9.10. The van der Waals surface area contributed by atoms with Gasteiger partial charge in [-0.3, -0.25) is 0 Å². The van der Waals surface area contributed by atoms with Gasteiger partial charge in [-0.25, -0.2) is 0 Å². The number of aliphatic hydroxyl groups excluding tert-OH is 1. The van der Waals surface area contributed by atoms with Crippen LogP contribution < -0.4 is 0 Å². The predicted molar refractivity (Wildman–Crippen MR) is 70.7 cm³/mol. The summed E-state index contributed by atoms with van der Waals surface area (Å²) in [5, 5.41) is 9.10. The lowest BCUT2D eigenvalue weighted by molar-refractivity contribution is -0.278. The van der Waals surface area contributed by atoms with Crippen LogP contribution in [0.25, 0.3) is 0 Å². The van der Waals surface area contributed by atoms with Crippen molar-refractivity contribution in [2.24, 2.45) is 11.8 Å². The molecule has 3 nitrogen and oxygen atoms in total. The Hall–Kier alpha value is -0.120. The van der Waals surface area contributed by atoms with Gasteiger partial charge in [-0.2, -0.15) is 0 Å². The van der Waals surface area contributed by atoms with Gasteiger partial charge in [-0.15, -0.1) is 0 Å². The summed E-state index contributed by atoms with van der Waals surface area (Å²) < 4.78 is 11.4. The van der Waals surface area contributed by atoms with E-state index in [1.165, 1.54) is 0 Å². The highest BCUT2D eigenvalue weighted by molar-refractivity contribution is 4.75. The fourth-order valence-corrected chi connectivity index (χ4v) is 2.09. The summed E-state index contributed by atoms with van der Waals surface area (Å²) in [6.45, 7) is 11.1. The monoisotopic (exact) mass is 246 g/mol. The van der Waals surface area contributed by atoms with Crippen molar-refractivity contribution in [2.45, 2.75) is 66.1 Å². The molecular formula is C14H30O3. The van der Waals surface area contributed by atoms with Crippen molar-refractivity contribution in [1.29, 1.82) is 0 Å². The van der Waals surface area contributed by atoms with Crippen LogP contribution in [0.4, 0.5) is 0 Å². The highest BCUT2D eigenvalue weighted by Crippen LogP contribution is 2.32. The Morgan fingerprint density at radius 3 is 1.71 bits per heavy atom. The first-order valence-corrected chi connectivity index (χ1v) is 6.92. The minimum atomic E-state index is -0.603. The van der Waals surface area contributed by atoms with Gasteiger partial charge in [-0.1, -0.05) is 40.5 Å². The highest BCUT2D eigenvalue weighted by atomic mass is 16.7. The number of aliphatic hydroxyl groups is 1. The Kier molecular flexibility index (Phi) is 8.83. The Balaban J connectivity index is 4.70. The number of hydrogen-bond acceptors (Lipinski definition) is 3. The van der Waals surface area contributed by atoms with E-state index in [1.807, 2.05) is 6.92 Å². The summed E-state index contributed by atoms with van der Waals surface area (Å²) in [6.07, 6.45) is 3.90. The Labute approximate surface area is 107 Å². The molecule has 1 N–H and O–H groups in total. The quantitative estimate of drug-likeness (QED) is 0.599. The number of ether oxygens (including phenoxy) is 2. The van der Waals surface area contributed by atoms with Crippen molar-refractivity contribution in [3.63, 3.8) is 0 Å². The van der Waals surface area contributed by atoms with Gasteiger partial charge in [0, 0.05) is 19.4 Å². The minimum absolute atomic E-state index is 0.271. The van der Waals surface area contributed by atoms with Crippen molar-refractivity contribution in [1.82, 2.24) is 0 Å². The lowest BCUT2D eigenvalue weighted by atomic mass is 9.90. The van der Waals surface area contributed by atoms with Crippen LogP contribution in [-0.2, 0) is 9.47 Å². The molecule has 0 fully saturated rings. The third-order valence-corrected chi connectivity index (χ3v) is 3.45. The van der Waals surface area contributed by atoms with Crippen molar-refractivity contribution in [3.05, 3.63) is 0 Å². The molecule has 0 saturated heterocycles. The lowest BCUT2D eigenvalue weighted by Gasteiger charge is -2.36. The normalized spacial score (nSPS) is 18.7. The van der Waals surface area contributed by atoms with Crippen molar-refractivity contribution >= 4 is 0 Å². The molecule has 3 atom stereocenters. The van der Waals surface area contributed by atoms with Gasteiger partial charge in [0.25, 0.3) is 0 Å². The molecule has 0 aromatic heterocycles. The summed E-state index contributed by atoms with van der Waals surface area (Å²) in [5.41, 5.74) is 0. The van der Waals surface area contributed by atoms with E-state index in [2.05, 4.69) is 27.7 Å². The van der Waals surface area contributed by atoms with Gasteiger partial charge in [0.15, 0.2) is 5.79 Å². The van der Waals surface area contributed by atoms with Crippen LogP contribution in [-0.4, -0.2) is 24.3 Å². The van der Waals surface area contributed by atoms with Gasteiger partial charge >= 0.3 is 0 Å². The second kappa shape index (κ2) is 8.90. The molecule has 0 saturated carbocycles. The molecular weight excluding hydrogens is 216 g/mol. The maximum atomic E-state index is 9.10. The fraction of sp³-hybridized carbons (Fsp3) is 1.00. The van der Waals surface area contributed by atoms with Gasteiger partial charge in [0.1, 0.15) is 6.79 Å². The molecule has 0 amide bonds. The second-order valence-corrected chi connectivity index (χ2v) is 5.05. The SMILES string of the molecule is CCO[C@](C[C@H](C)CC)(C[C@@H](C)CC)OCO. The van der Waals surface area contributed by atoms with Crippen LogP contribution in [0.5, 0.6) is 0 Å². The molecule has 0 aliphatic rings. The zero-order valence-corrected chi connectivity index (χ0v) is 12.2. The molecule has 3 heteroatoms. The van der Waals surface area contributed by atoms with E-state index >= 15 is 0 Å². The molecule has 0 aliphatic carbocycles. The molecule has 0 rings (SSSR count). The molecule has 0 radical (unpaired) electrons. The fourth-order valence-electron chi connectivity index (χ4n) is 2.09. The van der Waals surface area contributed by atoms with Crippen LogP contribution in [0.15, 0.2) is 0 Å². The summed E-state index contributed by atoms with van der Waals surface area (Å²) in [4.78, 5) is 0. The van der Waals surface area contributed by atoms with Crippen LogP contribution in [0.1, 0.15) is 60.3 Å². The Bertz CT molecular complexity index is 162. The smallest absolute Gasteiger partial charge is 0.171 e. The van der Waals surface area contributed by atoms with E-state index in [0.717, 1.165) is 25.7 Å². The summed E-state index contributed by atoms with van der Waals surface area (Å²) in [5.74, 6) is 0.475. The van der Waals surface area contributed by atoms with E-state index in [0.29, 0.717) is 18.4 Å². The Morgan fingerprint density at radius 1 is 0.941 bits per heavy atom. The molecule has 0 bridgehead atoms. The average Bonchev–Trinajstić information content (AvgIpc) is 2.29. The van der Waals surface area contributed by atoms with Gasteiger partial charge in [0.2, 0.25) is 0 Å². The zero-order chi connectivity index (χ0) is 13.3. The highest BCUT2D eigenvalue weighted by Gasteiger charge is 2.34. The molecule has 0 aliphatic heterocycles. The van der Waals surface area contributed by atoms with E-state index in [1.54, 1.807) is 0 Å². The van der Waals surface area contributed by atoms with Crippen molar-refractivity contribution in [2.75, 3.05) is 13.4 Å². The molecule has 104 valence electrons. The standard InChI is InChI=1S/C14H30O3/c1-6-12(4)9-14(16-8-3,17-11-15)10-13(5)7-2/h12-13,15H,6-11H2,1-5H3/t12-,13+,14+. The predicted octanol–water partition coefficient (Wildman–Crippen LogP) is 3.56. The third-order valence-electron chi connectivity index (χ3n) is 3.45. The van der Waals surface area contributed by atoms with Crippen molar-refractivity contribution in [3.8, 4) is 0 Å². The van der Waals surface area contributed by atoms with E-state index in [4.69, 9.17) is 14.6 Å². The first-order chi connectivity index (χ1) is 8.03. The van der Waals surface area contributed by atoms with Crippen molar-refractivity contribution < 1.29 is 14.6 Å². The van der Waals surface area contributed by atoms with E-state index in [9.17, 15) is 0 Å². The first kappa shape index (κ1) is 16.9. The van der Waals surface area contributed by atoms with Gasteiger partial charge in [0.05, 0.1) is 0 Å². The summed E-state index contributed by atoms with van der Waals surface area (Å²) in [7, 11) is 0. The molecule has 0 heterocycles. The third kappa shape index (κ3) is 6.39. The van der Waals surface area contributed by atoms with E-state index in [-0.39, 0.29) is 6.79 Å². The summed E-state index contributed by atoms with van der Waals surface area (Å²) >= 11 is 0. The lowest BCUT2D eigenvalue weighted by Crippen LogP contribution is -2.40. The average molecular weight is 246 g/mol. The number of rotatable bonds is 10. The van der Waals surface area contributed by atoms with Crippen LogP contribution in [0.2, 0.25) is 0 Å². The first-order valence-electron chi connectivity index (χ1n) is 6.92. The second-order valence-electron chi connectivity index (χ2n) is 5.05. The van der Waals surface area contributed by atoms with Crippen LogP contribution in [0, 0.1) is 11.8 Å². The number of hydrogen-bond donors (Lipinski definition) is 1. The van der Waals surface area contributed by atoms with Crippen LogP contribution >= 0.6 is 0 Å². The minimum Gasteiger partial charge on any atom is -0.371 e. The maximum Gasteiger partial charge on any atom is 0.171 e. The molecule has 0 spiro atoms. The topological polar surface area (TPSA) is 38.7 Å². The van der Waals surface area contributed by atoms with Crippen LogP contribution in [0.3, 0.4) is 0 Å². The largest absolute Gasteiger partial charge is 0.371 e. The van der Waals surface area contributed by atoms with E-state index < -0.39 is 5.79 Å². The van der Waals surface area contributed by atoms with Gasteiger partial charge < -0.3 is 14.6 Å². The molecule has 0 aromatic carbocycles. The summed E-state index contributed by atoms with van der Waals surface area (Å²) in [6, 6.07) is 0. The Morgan fingerprint density at radius 2 is 1.41 bits per heavy atom. The van der Waals surface area contributed by atoms with Gasteiger partial charge in [-0.05, 0) is 18.8 Å². The zero-order valence-electron chi connectivity index (χ0n) is 12.2. The molecule has 0 aromatic rings. The molecule has 17 heavy (non-hydrogen) atoms. The molecule has 0 unspecified atom stereocenters.